The first-order valence-corrected chi connectivity index (χ1v) is 8.12. The Bertz CT molecular complexity index is 678. The molecule has 3 rings (SSSR count). The van der Waals surface area contributed by atoms with E-state index in [0.29, 0.717) is 25.5 Å². The van der Waals surface area contributed by atoms with Crippen LogP contribution in [0.4, 0.5) is 4.39 Å². The van der Waals surface area contributed by atoms with Gasteiger partial charge in [0.25, 0.3) is 5.91 Å². The minimum absolute atomic E-state index is 0.00119. The summed E-state index contributed by atoms with van der Waals surface area (Å²) in [6.45, 7) is 3.40. The Morgan fingerprint density at radius 2 is 1.96 bits per heavy atom. The van der Waals surface area contributed by atoms with E-state index < -0.39 is 0 Å². The van der Waals surface area contributed by atoms with Gasteiger partial charge in [-0.25, -0.2) is 4.39 Å². The smallest absolute Gasteiger partial charge is 0.267 e. The predicted octanol–water partition coefficient (Wildman–Crippen LogP) is 1.97. The molecule has 6 heteroatoms. The average molecular weight is 331 g/mol. The number of halogens is 1. The first-order chi connectivity index (χ1) is 11.6. The molecule has 0 bridgehead atoms. The lowest BCUT2D eigenvalue weighted by Gasteiger charge is -2.35. The summed E-state index contributed by atoms with van der Waals surface area (Å²) < 4.78 is 20.4. The number of aryl methyl sites for hydroxylation is 1. The van der Waals surface area contributed by atoms with E-state index in [9.17, 15) is 9.18 Å². The summed E-state index contributed by atoms with van der Waals surface area (Å²) in [5, 5.41) is 3.00. The lowest BCUT2D eigenvalue weighted by Crippen LogP contribution is -2.44. The molecule has 1 fully saturated rings. The van der Waals surface area contributed by atoms with Gasteiger partial charge in [-0.1, -0.05) is 12.1 Å². The maximum atomic E-state index is 13.2. The van der Waals surface area contributed by atoms with Crippen molar-refractivity contribution in [3.8, 4) is 0 Å². The number of nitrogens with one attached hydrogen (secondary N) is 1. The molecule has 2 heterocycles. The quantitative estimate of drug-likeness (QED) is 0.911. The van der Waals surface area contributed by atoms with E-state index in [4.69, 9.17) is 4.74 Å². The van der Waals surface area contributed by atoms with Gasteiger partial charge in [0.2, 0.25) is 0 Å². The van der Waals surface area contributed by atoms with Gasteiger partial charge in [0, 0.05) is 32.9 Å². The Labute approximate surface area is 141 Å². The number of aromatic nitrogens is 1. The van der Waals surface area contributed by atoms with Gasteiger partial charge in [0.05, 0.1) is 19.3 Å². The van der Waals surface area contributed by atoms with Crippen molar-refractivity contribution >= 4 is 5.91 Å². The molecule has 2 aromatic rings. The number of carbonyl (C=O) groups is 1. The molecule has 5 nitrogen and oxygen atoms in total. The number of carbonyl (C=O) groups excluding carboxylic acids is 1. The number of nitrogens with zero attached hydrogens (tertiary/aromatic N) is 2. The predicted molar refractivity (Wildman–Crippen MR) is 89.3 cm³/mol. The maximum absolute atomic E-state index is 13.2. The lowest BCUT2D eigenvalue weighted by atomic mass is 10.0. The van der Waals surface area contributed by atoms with E-state index in [1.54, 1.807) is 22.8 Å². The van der Waals surface area contributed by atoms with Crippen LogP contribution in [0.3, 0.4) is 0 Å². The summed E-state index contributed by atoms with van der Waals surface area (Å²) >= 11 is 0. The van der Waals surface area contributed by atoms with Crippen LogP contribution < -0.4 is 5.32 Å². The summed E-state index contributed by atoms with van der Waals surface area (Å²) in [4.78, 5) is 14.6. The zero-order valence-electron chi connectivity index (χ0n) is 13.7. The van der Waals surface area contributed by atoms with Gasteiger partial charge < -0.3 is 14.6 Å². The van der Waals surface area contributed by atoms with Gasteiger partial charge in [0.1, 0.15) is 11.5 Å². The number of morpholine rings is 1. The molecule has 1 aromatic carbocycles. The molecule has 1 N–H and O–H groups in total. The molecule has 1 amide bonds. The number of rotatable bonds is 5. The second-order valence-corrected chi connectivity index (χ2v) is 5.93. The van der Waals surface area contributed by atoms with Crippen LogP contribution in [0.2, 0.25) is 0 Å². The van der Waals surface area contributed by atoms with E-state index in [-0.39, 0.29) is 17.8 Å². The van der Waals surface area contributed by atoms with E-state index >= 15 is 0 Å². The summed E-state index contributed by atoms with van der Waals surface area (Å²) in [6.07, 6.45) is 1.84. The molecule has 1 saturated heterocycles. The highest BCUT2D eigenvalue weighted by atomic mass is 19.1. The third-order valence-electron chi connectivity index (χ3n) is 4.37. The minimum atomic E-state index is -0.257. The highest BCUT2D eigenvalue weighted by Crippen LogP contribution is 2.21. The van der Waals surface area contributed by atoms with Crippen molar-refractivity contribution in [1.29, 1.82) is 0 Å². The second kappa shape index (κ2) is 7.59. The SMILES string of the molecule is Cn1cccc1C(=O)NC[C@@H](c1ccc(F)cc1)N1CCOCC1. The molecule has 1 aliphatic heterocycles. The van der Waals surface area contributed by atoms with Crippen LogP contribution in [0.1, 0.15) is 22.1 Å². The first-order valence-electron chi connectivity index (χ1n) is 8.12. The van der Waals surface area contributed by atoms with Gasteiger partial charge in [-0.15, -0.1) is 0 Å². The number of hydrogen-bond acceptors (Lipinski definition) is 3. The van der Waals surface area contributed by atoms with E-state index in [0.717, 1.165) is 18.7 Å². The largest absolute Gasteiger partial charge is 0.379 e. The third kappa shape index (κ3) is 3.83. The average Bonchev–Trinajstić information content (AvgIpc) is 3.03. The fourth-order valence-electron chi connectivity index (χ4n) is 3.01. The van der Waals surface area contributed by atoms with Gasteiger partial charge in [-0.2, -0.15) is 0 Å². The van der Waals surface area contributed by atoms with Gasteiger partial charge >= 0.3 is 0 Å². The normalized spacial score (nSPS) is 16.8. The van der Waals surface area contributed by atoms with Crippen molar-refractivity contribution in [2.75, 3.05) is 32.8 Å². The number of ether oxygens (including phenoxy) is 1. The van der Waals surface area contributed by atoms with Crippen molar-refractivity contribution in [2.45, 2.75) is 6.04 Å². The van der Waals surface area contributed by atoms with Gasteiger partial charge in [-0.3, -0.25) is 9.69 Å². The summed E-state index contributed by atoms with van der Waals surface area (Å²) in [6, 6.07) is 10.1. The van der Waals surface area contributed by atoms with Crippen LogP contribution >= 0.6 is 0 Å². The maximum Gasteiger partial charge on any atom is 0.267 e. The van der Waals surface area contributed by atoms with Crippen LogP contribution in [0.15, 0.2) is 42.6 Å². The fourth-order valence-corrected chi connectivity index (χ4v) is 3.01. The van der Waals surface area contributed by atoms with Crippen molar-refractivity contribution in [3.05, 3.63) is 59.7 Å². The Hall–Kier alpha value is -2.18. The van der Waals surface area contributed by atoms with Crippen molar-refractivity contribution in [3.63, 3.8) is 0 Å². The van der Waals surface area contributed by atoms with E-state index in [2.05, 4.69) is 10.2 Å². The van der Waals surface area contributed by atoms with Gasteiger partial charge in [0.15, 0.2) is 0 Å². The van der Waals surface area contributed by atoms with Crippen LogP contribution in [-0.2, 0) is 11.8 Å². The molecule has 0 radical (unpaired) electrons. The molecule has 24 heavy (non-hydrogen) atoms. The number of benzene rings is 1. The molecule has 0 spiro atoms. The second-order valence-electron chi connectivity index (χ2n) is 5.93. The van der Waals surface area contributed by atoms with E-state index in [1.165, 1.54) is 12.1 Å². The van der Waals surface area contributed by atoms with Gasteiger partial charge in [-0.05, 0) is 29.8 Å². The highest BCUT2D eigenvalue weighted by molar-refractivity contribution is 5.92. The molecule has 0 saturated carbocycles. The molecule has 1 atom stereocenters. The van der Waals surface area contributed by atoms with Crippen LogP contribution in [0.25, 0.3) is 0 Å². The summed E-state index contributed by atoms with van der Waals surface area (Å²) in [5.74, 6) is -0.366. The molecule has 128 valence electrons. The molecular formula is C18H22FN3O2. The Morgan fingerprint density at radius 3 is 2.58 bits per heavy atom. The third-order valence-corrected chi connectivity index (χ3v) is 4.37. The zero-order chi connectivity index (χ0) is 16.9. The van der Waals surface area contributed by atoms with Crippen molar-refractivity contribution in [1.82, 2.24) is 14.8 Å². The standard InChI is InChI=1S/C18H22FN3O2/c1-21-8-2-3-16(21)18(23)20-13-17(22-9-11-24-12-10-22)14-4-6-15(19)7-5-14/h2-8,17H,9-13H2,1H3,(H,20,23)/t17-/m0/s1. The van der Waals surface area contributed by atoms with E-state index in [1.807, 2.05) is 19.3 Å². The minimum Gasteiger partial charge on any atom is -0.379 e. The molecule has 0 aliphatic carbocycles. The topological polar surface area (TPSA) is 46.5 Å². The van der Waals surface area contributed by atoms with Crippen LogP contribution in [0, 0.1) is 5.82 Å². The van der Waals surface area contributed by atoms with Crippen molar-refractivity contribution in [2.24, 2.45) is 7.05 Å². The Kier molecular flexibility index (Phi) is 5.27. The first kappa shape index (κ1) is 16.7. The van der Waals surface area contributed by atoms with Crippen LogP contribution in [-0.4, -0.2) is 48.2 Å². The molecular weight excluding hydrogens is 309 g/mol. The summed E-state index contributed by atoms with van der Waals surface area (Å²) in [7, 11) is 1.84. The molecule has 1 aromatic heterocycles. The number of hydrogen-bond donors (Lipinski definition) is 1. The highest BCUT2D eigenvalue weighted by Gasteiger charge is 2.23. The zero-order valence-corrected chi connectivity index (χ0v) is 13.7. The monoisotopic (exact) mass is 331 g/mol. The molecule has 0 unspecified atom stereocenters. The summed E-state index contributed by atoms with van der Waals surface area (Å²) in [5.41, 5.74) is 1.61. The lowest BCUT2D eigenvalue weighted by molar-refractivity contribution is 0.0162. The number of amides is 1. The van der Waals surface area contributed by atoms with Crippen LogP contribution in [0.5, 0.6) is 0 Å². The fraction of sp³-hybridized carbons (Fsp3) is 0.389. The molecule has 1 aliphatic rings. The Morgan fingerprint density at radius 1 is 1.25 bits per heavy atom. The Balaban J connectivity index is 1.73. The van der Waals surface area contributed by atoms with Crippen molar-refractivity contribution < 1.29 is 13.9 Å².